The van der Waals surface area contributed by atoms with Gasteiger partial charge in [0.15, 0.2) is 10.6 Å². The molecule has 2 aromatic rings. The molecule has 1 aromatic carbocycles. The molecule has 0 bridgehead atoms. The number of aromatic nitrogens is 1. The van der Waals surface area contributed by atoms with Crippen LogP contribution >= 0.6 is 11.3 Å². The Morgan fingerprint density at radius 1 is 1.53 bits per heavy atom. The number of hydrogen-bond donors (Lipinski definition) is 1. The molecular formula is C12H15N3O3S. The highest BCUT2D eigenvalue weighted by Crippen LogP contribution is 2.33. The molecule has 0 aliphatic heterocycles. The predicted octanol–water partition coefficient (Wildman–Crippen LogP) is 2.83. The molecule has 6 nitrogen and oxygen atoms in total. The fourth-order valence-corrected chi connectivity index (χ4v) is 2.72. The Balaban J connectivity index is 2.39. The number of benzene rings is 1. The van der Waals surface area contributed by atoms with E-state index < -0.39 is 0 Å². The van der Waals surface area contributed by atoms with E-state index >= 15 is 0 Å². The van der Waals surface area contributed by atoms with Crippen LogP contribution in [0, 0.1) is 10.1 Å². The van der Waals surface area contributed by atoms with E-state index in [-0.39, 0.29) is 10.6 Å². The fourth-order valence-electron chi connectivity index (χ4n) is 1.75. The molecule has 19 heavy (non-hydrogen) atoms. The van der Waals surface area contributed by atoms with Crippen molar-refractivity contribution in [3.8, 4) is 0 Å². The second-order valence-electron chi connectivity index (χ2n) is 4.01. The van der Waals surface area contributed by atoms with Crippen molar-refractivity contribution < 1.29 is 9.66 Å². The first-order valence-electron chi connectivity index (χ1n) is 5.96. The van der Waals surface area contributed by atoms with E-state index in [4.69, 9.17) is 4.74 Å². The van der Waals surface area contributed by atoms with Gasteiger partial charge < -0.3 is 10.1 Å². The third-order valence-electron chi connectivity index (χ3n) is 2.72. The molecule has 0 saturated carbocycles. The maximum absolute atomic E-state index is 11.1. The molecule has 0 aliphatic rings. The molecule has 0 unspecified atom stereocenters. The predicted molar refractivity (Wildman–Crippen MR) is 76.0 cm³/mol. The molecule has 1 heterocycles. The average Bonchev–Trinajstić information content (AvgIpc) is 2.80. The number of hydrogen-bond acceptors (Lipinski definition) is 6. The summed E-state index contributed by atoms with van der Waals surface area (Å²) >= 11 is 1.43. The number of thiazole rings is 1. The number of methoxy groups -OCH3 is 1. The zero-order chi connectivity index (χ0) is 13.8. The quantitative estimate of drug-likeness (QED) is 0.500. The lowest BCUT2D eigenvalue weighted by Gasteiger charge is -1.99. The summed E-state index contributed by atoms with van der Waals surface area (Å²) in [5.74, 6) is 0. The van der Waals surface area contributed by atoms with E-state index in [1.54, 1.807) is 13.2 Å². The number of rotatable bonds is 6. The first-order chi connectivity index (χ1) is 9.15. The van der Waals surface area contributed by atoms with Crippen LogP contribution in [0.5, 0.6) is 0 Å². The molecule has 0 radical (unpaired) electrons. The van der Waals surface area contributed by atoms with Crippen molar-refractivity contribution in [3.63, 3.8) is 0 Å². The third kappa shape index (κ3) is 2.99. The van der Waals surface area contributed by atoms with Crippen LogP contribution in [-0.4, -0.2) is 30.2 Å². The van der Waals surface area contributed by atoms with Gasteiger partial charge in [-0.3, -0.25) is 10.1 Å². The Morgan fingerprint density at radius 3 is 2.95 bits per heavy atom. The smallest absolute Gasteiger partial charge is 0.296 e. The number of fused-ring (bicyclic) bond motifs is 1. The van der Waals surface area contributed by atoms with Gasteiger partial charge >= 0.3 is 0 Å². The van der Waals surface area contributed by atoms with Crippen molar-refractivity contribution in [2.75, 3.05) is 25.6 Å². The second-order valence-corrected chi connectivity index (χ2v) is 5.04. The second kappa shape index (κ2) is 5.94. The van der Waals surface area contributed by atoms with Crippen LogP contribution in [0.2, 0.25) is 0 Å². The Bertz CT molecular complexity index is 597. The van der Waals surface area contributed by atoms with Crippen molar-refractivity contribution >= 4 is 32.4 Å². The molecule has 0 spiro atoms. The van der Waals surface area contributed by atoms with E-state index in [0.29, 0.717) is 23.8 Å². The highest BCUT2D eigenvalue weighted by molar-refractivity contribution is 7.22. The van der Waals surface area contributed by atoms with Gasteiger partial charge in [0.1, 0.15) is 0 Å². The fraction of sp³-hybridized carbons (Fsp3) is 0.417. The molecule has 0 fully saturated rings. The maximum Gasteiger partial charge on any atom is 0.296 e. The van der Waals surface area contributed by atoms with E-state index in [1.165, 1.54) is 11.3 Å². The highest BCUT2D eigenvalue weighted by atomic mass is 32.1. The molecule has 2 rings (SSSR count). The number of aryl methyl sites for hydroxylation is 1. The van der Waals surface area contributed by atoms with E-state index in [0.717, 1.165) is 16.7 Å². The minimum Gasteiger partial charge on any atom is -0.383 e. The van der Waals surface area contributed by atoms with E-state index in [1.807, 2.05) is 13.0 Å². The van der Waals surface area contributed by atoms with Crippen molar-refractivity contribution in [1.29, 1.82) is 0 Å². The van der Waals surface area contributed by atoms with Crippen molar-refractivity contribution in [2.24, 2.45) is 0 Å². The van der Waals surface area contributed by atoms with Crippen LogP contribution in [0.3, 0.4) is 0 Å². The molecule has 0 amide bonds. The molecule has 0 saturated heterocycles. The summed E-state index contributed by atoms with van der Waals surface area (Å²) < 4.78 is 5.78. The molecular weight excluding hydrogens is 266 g/mol. The van der Waals surface area contributed by atoms with Crippen LogP contribution in [-0.2, 0) is 11.2 Å². The van der Waals surface area contributed by atoms with Crippen LogP contribution in [0.1, 0.15) is 12.5 Å². The lowest BCUT2D eigenvalue weighted by atomic mass is 10.1. The minimum atomic E-state index is -0.375. The monoisotopic (exact) mass is 281 g/mol. The summed E-state index contributed by atoms with van der Waals surface area (Å²) in [6.07, 6.45) is 0.765. The maximum atomic E-state index is 11.1. The van der Waals surface area contributed by atoms with Crippen LogP contribution < -0.4 is 5.32 Å². The number of nitro groups is 1. The van der Waals surface area contributed by atoms with Gasteiger partial charge in [-0.05, 0) is 18.1 Å². The van der Waals surface area contributed by atoms with Crippen molar-refractivity contribution in [3.05, 3.63) is 27.8 Å². The summed E-state index contributed by atoms with van der Waals surface area (Å²) in [6, 6.07) is 3.56. The number of anilines is 1. The third-order valence-corrected chi connectivity index (χ3v) is 3.68. The molecule has 0 aliphatic carbocycles. The van der Waals surface area contributed by atoms with Crippen molar-refractivity contribution in [2.45, 2.75) is 13.3 Å². The Kier molecular flexibility index (Phi) is 4.28. The first kappa shape index (κ1) is 13.7. The zero-order valence-electron chi connectivity index (χ0n) is 10.8. The number of ether oxygens (including phenoxy) is 1. The van der Waals surface area contributed by atoms with Gasteiger partial charge in [0.05, 0.1) is 16.2 Å². The van der Waals surface area contributed by atoms with Gasteiger partial charge in [-0.15, -0.1) is 0 Å². The number of non-ortho nitro benzene ring substituents is 1. The van der Waals surface area contributed by atoms with Gasteiger partial charge in [-0.1, -0.05) is 18.3 Å². The van der Waals surface area contributed by atoms with Gasteiger partial charge in [0.2, 0.25) is 0 Å². The van der Waals surface area contributed by atoms with Gasteiger partial charge in [0.25, 0.3) is 5.69 Å². The van der Waals surface area contributed by atoms with Crippen LogP contribution in [0.4, 0.5) is 10.8 Å². The number of nitro benzene ring substituents is 1. The van der Waals surface area contributed by atoms with Gasteiger partial charge in [-0.25, -0.2) is 4.98 Å². The van der Waals surface area contributed by atoms with E-state index in [2.05, 4.69) is 10.3 Å². The molecule has 0 atom stereocenters. The summed E-state index contributed by atoms with van der Waals surface area (Å²) in [5.41, 5.74) is 1.48. The SMILES string of the molecule is CCc1cc([N+](=O)[O-])c2nc(NCCOC)sc2c1. The summed E-state index contributed by atoms with van der Waals surface area (Å²) in [7, 11) is 1.62. The van der Waals surface area contributed by atoms with Gasteiger partial charge in [-0.2, -0.15) is 0 Å². The summed E-state index contributed by atoms with van der Waals surface area (Å²) in [6.45, 7) is 3.17. The molecule has 102 valence electrons. The van der Waals surface area contributed by atoms with Gasteiger partial charge in [0, 0.05) is 19.7 Å². The zero-order valence-corrected chi connectivity index (χ0v) is 11.6. The summed E-state index contributed by atoms with van der Waals surface area (Å²) in [5, 5.41) is 14.9. The Labute approximate surface area is 114 Å². The lowest BCUT2D eigenvalue weighted by Crippen LogP contribution is -2.06. The standard InChI is InChI=1S/C12H15N3O3S/c1-3-8-6-9(15(16)17)11-10(7-8)19-12(14-11)13-4-5-18-2/h6-7H,3-5H2,1-2H3,(H,13,14). The minimum absolute atomic E-state index is 0.0744. The lowest BCUT2D eigenvalue weighted by molar-refractivity contribution is -0.383. The normalized spacial score (nSPS) is 10.8. The van der Waals surface area contributed by atoms with E-state index in [9.17, 15) is 10.1 Å². The van der Waals surface area contributed by atoms with Crippen LogP contribution in [0.25, 0.3) is 10.2 Å². The summed E-state index contributed by atoms with van der Waals surface area (Å²) in [4.78, 5) is 15.0. The van der Waals surface area contributed by atoms with Crippen molar-refractivity contribution in [1.82, 2.24) is 4.98 Å². The first-order valence-corrected chi connectivity index (χ1v) is 6.78. The Morgan fingerprint density at radius 2 is 2.32 bits per heavy atom. The molecule has 7 heteroatoms. The molecule has 1 N–H and O–H groups in total. The highest BCUT2D eigenvalue weighted by Gasteiger charge is 2.17. The Hall–Kier alpha value is -1.73. The van der Waals surface area contributed by atoms with Crippen LogP contribution in [0.15, 0.2) is 12.1 Å². The molecule has 1 aromatic heterocycles. The topological polar surface area (TPSA) is 77.3 Å². The largest absolute Gasteiger partial charge is 0.383 e. The number of nitrogens with zero attached hydrogens (tertiary/aromatic N) is 2. The number of nitrogens with one attached hydrogen (secondary N) is 1. The average molecular weight is 281 g/mol.